The van der Waals surface area contributed by atoms with Gasteiger partial charge in [-0.05, 0) is 12.5 Å². The van der Waals surface area contributed by atoms with Crippen molar-refractivity contribution in [3.05, 3.63) is 54.1 Å². The summed E-state index contributed by atoms with van der Waals surface area (Å²) in [4.78, 5) is 7.05. The molecule has 1 atom stereocenters. The fraction of sp³-hybridized carbons (Fsp3) is 0.250. The third kappa shape index (κ3) is 2.67. The minimum absolute atomic E-state index is 0.356. The largest absolute Gasteiger partial charge is 0.347 e. The molecule has 1 aromatic carbocycles. The molecule has 0 spiro atoms. The predicted octanol–water partition coefficient (Wildman–Crippen LogP) is 2.26. The maximum Gasteiger partial charge on any atom is 0.0922 e. The third-order valence-corrected chi connectivity index (χ3v) is 2.45. The Hall–Kier alpha value is -1.61. The number of H-pyrrole nitrogens is 1. The van der Waals surface area contributed by atoms with Gasteiger partial charge in [0.15, 0.2) is 0 Å². The quantitative estimate of drug-likeness (QED) is 0.796. The minimum Gasteiger partial charge on any atom is -0.347 e. The Morgan fingerprint density at radius 2 is 2.13 bits per heavy atom. The van der Waals surface area contributed by atoms with E-state index in [4.69, 9.17) is 0 Å². The molecular weight excluding hydrogens is 186 g/mol. The van der Waals surface area contributed by atoms with Crippen molar-refractivity contribution in [2.24, 2.45) is 0 Å². The summed E-state index contributed by atoms with van der Waals surface area (Å²) in [7, 11) is 0. The van der Waals surface area contributed by atoms with Crippen molar-refractivity contribution in [3.63, 3.8) is 0 Å². The highest BCUT2D eigenvalue weighted by molar-refractivity contribution is 5.18. The van der Waals surface area contributed by atoms with Gasteiger partial charge in [0.05, 0.1) is 6.33 Å². The van der Waals surface area contributed by atoms with E-state index in [2.05, 4.69) is 46.5 Å². The molecule has 2 rings (SSSR count). The first-order valence-electron chi connectivity index (χ1n) is 5.12. The zero-order valence-electron chi connectivity index (χ0n) is 8.77. The average molecular weight is 201 g/mol. The molecule has 3 nitrogen and oxygen atoms in total. The summed E-state index contributed by atoms with van der Waals surface area (Å²) in [5.41, 5.74) is 2.41. The van der Waals surface area contributed by atoms with Crippen LogP contribution in [0.2, 0.25) is 0 Å². The molecule has 0 saturated heterocycles. The van der Waals surface area contributed by atoms with Gasteiger partial charge in [-0.2, -0.15) is 0 Å². The van der Waals surface area contributed by atoms with Crippen molar-refractivity contribution < 1.29 is 0 Å². The number of rotatable bonds is 4. The monoisotopic (exact) mass is 201 g/mol. The van der Waals surface area contributed by atoms with Gasteiger partial charge in [-0.15, -0.1) is 0 Å². The van der Waals surface area contributed by atoms with E-state index in [1.54, 1.807) is 6.33 Å². The van der Waals surface area contributed by atoms with Gasteiger partial charge in [-0.3, -0.25) is 0 Å². The minimum atomic E-state index is 0.356. The molecular formula is C12H15N3. The average Bonchev–Trinajstić information content (AvgIpc) is 2.80. The third-order valence-electron chi connectivity index (χ3n) is 2.45. The van der Waals surface area contributed by atoms with Crippen LogP contribution in [-0.2, 0) is 6.54 Å². The lowest BCUT2D eigenvalue weighted by atomic mass is 10.1. The number of hydrogen-bond donors (Lipinski definition) is 2. The van der Waals surface area contributed by atoms with Crippen molar-refractivity contribution in [2.75, 3.05) is 0 Å². The summed E-state index contributed by atoms with van der Waals surface area (Å²) in [6, 6.07) is 10.8. The van der Waals surface area contributed by atoms with Gasteiger partial charge >= 0.3 is 0 Å². The fourth-order valence-corrected chi connectivity index (χ4v) is 1.50. The van der Waals surface area contributed by atoms with Crippen LogP contribution in [0.5, 0.6) is 0 Å². The maximum absolute atomic E-state index is 3.98. The van der Waals surface area contributed by atoms with E-state index in [0.717, 1.165) is 12.2 Å². The van der Waals surface area contributed by atoms with Crippen LogP contribution in [0, 0.1) is 0 Å². The first-order chi connectivity index (χ1) is 7.36. The molecule has 2 N–H and O–H groups in total. The van der Waals surface area contributed by atoms with E-state index in [1.807, 2.05) is 12.3 Å². The zero-order chi connectivity index (χ0) is 10.5. The Balaban J connectivity index is 1.90. The molecule has 15 heavy (non-hydrogen) atoms. The standard InChI is InChI=1S/C12H15N3/c1-10(11-5-3-2-4-6-11)14-8-12-7-13-9-15-12/h2-7,9-10,14H,8H2,1H3,(H,13,15)/t10-/m1/s1. The van der Waals surface area contributed by atoms with E-state index in [0.29, 0.717) is 6.04 Å². The van der Waals surface area contributed by atoms with Crippen LogP contribution in [0.4, 0.5) is 0 Å². The fourth-order valence-electron chi connectivity index (χ4n) is 1.50. The first-order valence-corrected chi connectivity index (χ1v) is 5.12. The Labute approximate surface area is 89.6 Å². The second-order valence-corrected chi connectivity index (χ2v) is 3.59. The molecule has 0 unspecified atom stereocenters. The van der Waals surface area contributed by atoms with Crippen LogP contribution < -0.4 is 5.32 Å². The van der Waals surface area contributed by atoms with Crippen LogP contribution in [0.3, 0.4) is 0 Å². The second-order valence-electron chi connectivity index (χ2n) is 3.59. The maximum atomic E-state index is 3.98. The number of benzene rings is 1. The van der Waals surface area contributed by atoms with Crippen LogP contribution in [-0.4, -0.2) is 9.97 Å². The first kappa shape index (κ1) is 9.93. The Morgan fingerprint density at radius 1 is 1.33 bits per heavy atom. The van der Waals surface area contributed by atoms with E-state index in [9.17, 15) is 0 Å². The Kier molecular flexibility index (Phi) is 3.15. The number of aromatic nitrogens is 2. The van der Waals surface area contributed by atoms with Crippen LogP contribution in [0.1, 0.15) is 24.2 Å². The number of aromatic amines is 1. The smallest absolute Gasteiger partial charge is 0.0922 e. The molecule has 0 aliphatic heterocycles. The molecule has 0 aliphatic rings. The lowest BCUT2D eigenvalue weighted by Gasteiger charge is -2.13. The molecule has 78 valence electrons. The summed E-state index contributed by atoms with van der Waals surface area (Å²) in [5.74, 6) is 0. The van der Waals surface area contributed by atoms with Crippen LogP contribution in [0.15, 0.2) is 42.9 Å². The van der Waals surface area contributed by atoms with Crippen LogP contribution >= 0.6 is 0 Å². The van der Waals surface area contributed by atoms with Gasteiger partial charge in [0.25, 0.3) is 0 Å². The van der Waals surface area contributed by atoms with E-state index in [-0.39, 0.29) is 0 Å². The van der Waals surface area contributed by atoms with Crippen molar-refractivity contribution in [2.45, 2.75) is 19.5 Å². The molecule has 3 heteroatoms. The highest BCUT2D eigenvalue weighted by Crippen LogP contribution is 2.11. The van der Waals surface area contributed by atoms with E-state index in [1.165, 1.54) is 5.56 Å². The zero-order valence-corrected chi connectivity index (χ0v) is 8.77. The van der Waals surface area contributed by atoms with Crippen LogP contribution in [0.25, 0.3) is 0 Å². The van der Waals surface area contributed by atoms with Crippen molar-refractivity contribution in [1.82, 2.24) is 15.3 Å². The number of nitrogens with one attached hydrogen (secondary N) is 2. The van der Waals surface area contributed by atoms with Crippen molar-refractivity contribution >= 4 is 0 Å². The van der Waals surface area contributed by atoms with Gasteiger partial charge in [0, 0.05) is 24.5 Å². The van der Waals surface area contributed by atoms with Crippen molar-refractivity contribution in [3.8, 4) is 0 Å². The summed E-state index contributed by atoms with van der Waals surface area (Å²) < 4.78 is 0. The normalized spacial score (nSPS) is 12.6. The molecule has 0 bridgehead atoms. The molecule has 0 radical (unpaired) electrons. The van der Waals surface area contributed by atoms with Gasteiger partial charge < -0.3 is 10.3 Å². The van der Waals surface area contributed by atoms with E-state index >= 15 is 0 Å². The molecule has 0 aliphatic carbocycles. The Bertz CT molecular complexity index is 381. The van der Waals surface area contributed by atoms with Gasteiger partial charge in [-0.25, -0.2) is 4.98 Å². The van der Waals surface area contributed by atoms with Crippen molar-refractivity contribution in [1.29, 1.82) is 0 Å². The molecule has 1 heterocycles. The number of imidazole rings is 1. The molecule has 0 saturated carbocycles. The lowest BCUT2D eigenvalue weighted by Crippen LogP contribution is -2.18. The van der Waals surface area contributed by atoms with E-state index < -0.39 is 0 Å². The Morgan fingerprint density at radius 3 is 2.80 bits per heavy atom. The SMILES string of the molecule is C[C@@H](NCc1cnc[nH]1)c1ccccc1. The molecule has 0 fully saturated rings. The summed E-state index contributed by atoms with van der Waals surface area (Å²) in [6.45, 7) is 2.97. The highest BCUT2D eigenvalue weighted by atomic mass is 14.9. The molecule has 0 amide bonds. The topological polar surface area (TPSA) is 40.7 Å². The number of nitrogens with zero attached hydrogens (tertiary/aromatic N) is 1. The highest BCUT2D eigenvalue weighted by Gasteiger charge is 2.03. The summed E-state index contributed by atoms with van der Waals surface area (Å²) in [5, 5.41) is 3.43. The second kappa shape index (κ2) is 4.75. The van der Waals surface area contributed by atoms with Gasteiger partial charge in [-0.1, -0.05) is 30.3 Å². The summed E-state index contributed by atoms with van der Waals surface area (Å²) >= 11 is 0. The summed E-state index contributed by atoms with van der Waals surface area (Å²) in [6.07, 6.45) is 3.54. The van der Waals surface area contributed by atoms with Gasteiger partial charge in [0.2, 0.25) is 0 Å². The lowest BCUT2D eigenvalue weighted by molar-refractivity contribution is 0.569. The molecule has 2 aromatic rings. The number of hydrogen-bond acceptors (Lipinski definition) is 2. The predicted molar refractivity (Wildman–Crippen MR) is 60.3 cm³/mol. The molecule has 1 aromatic heterocycles. The van der Waals surface area contributed by atoms with Gasteiger partial charge in [0.1, 0.15) is 0 Å².